The highest BCUT2D eigenvalue weighted by Crippen LogP contribution is 2.39. The molecule has 14 nitrogen and oxygen atoms in total. The van der Waals surface area contributed by atoms with Gasteiger partial charge in [0.25, 0.3) is 0 Å². The molecule has 3 aliphatic rings. The molecule has 2 atom stereocenters. The number of ether oxygens (including phenoxy) is 2. The van der Waals surface area contributed by atoms with Gasteiger partial charge in [-0.25, -0.2) is 14.6 Å². The molecule has 58 heavy (non-hydrogen) atoms. The number of hydrogen-bond acceptors (Lipinski definition) is 8. The van der Waals surface area contributed by atoms with Crippen LogP contribution in [0.4, 0.5) is 28.4 Å². The van der Waals surface area contributed by atoms with Crippen LogP contribution < -0.4 is 15.4 Å². The van der Waals surface area contributed by atoms with Crippen molar-refractivity contribution in [1.82, 2.24) is 34.9 Å². The summed E-state index contributed by atoms with van der Waals surface area (Å²) in [6.07, 6.45) is -3.37. The van der Waals surface area contributed by atoms with Crippen LogP contribution in [0.25, 0.3) is 22.4 Å². The Morgan fingerprint density at radius 2 is 1.59 bits per heavy atom. The van der Waals surface area contributed by atoms with E-state index in [-0.39, 0.29) is 40.7 Å². The summed E-state index contributed by atoms with van der Waals surface area (Å²) in [6, 6.07) is 10.2. The van der Waals surface area contributed by atoms with Gasteiger partial charge in [0.15, 0.2) is 0 Å². The van der Waals surface area contributed by atoms with E-state index < -0.39 is 35.7 Å². The molecular formula is C40H50ClF3N8O6. The first-order valence-corrected chi connectivity index (χ1v) is 19.7. The molecule has 314 valence electrons. The lowest BCUT2D eigenvalue weighted by Gasteiger charge is -2.43. The monoisotopic (exact) mass is 830 g/mol. The van der Waals surface area contributed by atoms with Gasteiger partial charge in [0.05, 0.1) is 13.2 Å². The number of piperidine rings is 1. The molecule has 2 unspecified atom stereocenters. The van der Waals surface area contributed by atoms with Crippen molar-refractivity contribution in [2.75, 3.05) is 64.8 Å². The number of imidazole rings is 1. The first-order valence-electron chi connectivity index (χ1n) is 19.4. The summed E-state index contributed by atoms with van der Waals surface area (Å²) in [5, 5.41) is 5.36. The minimum atomic E-state index is -4.99. The average molecular weight is 831 g/mol. The summed E-state index contributed by atoms with van der Waals surface area (Å²) in [4.78, 5) is 65.7. The van der Waals surface area contributed by atoms with Gasteiger partial charge < -0.3 is 39.8 Å². The van der Waals surface area contributed by atoms with E-state index in [2.05, 4.69) is 30.0 Å². The number of carbonyl (C=O) groups is 4. The molecule has 3 aliphatic heterocycles. The van der Waals surface area contributed by atoms with Gasteiger partial charge in [-0.3, -0.25) is 14.5 Å². The number of aromatic amines is 1. The van der Waals surface area contributed by atoms with Gasteiger partial charge in [0.1, 0.15) is 29.0 Å². The molecular weight excluding hydrogens is 781 g/mol. The zero-order valence-corrected chi connectivity index (χ0v) is 34.0. The maximum Gasteiger partial charge on any atom is 0.573 e. The largest absolute Gasteiger partial charge is 0.573 e. The van der Waals surface area contributed by atoms with Crippen molar-refractivity contribution in [2.45, 2.75) is 65.4 Å². The number of likely N-dealkylation sites (tertiary alicyclic amines) is 2. The number of urea groups is 1. The third kappa shape index (κ3) is 10.2. The number of amides is 5. The van der Waals surface area contributed by atoms with E-state index in [4.69, 9.17) is 16.6 Å². The smallest absolute Gasteiger partial charge is 0.453 e. The highest BCUT2D eigenvalue weighted by Gasteiger charge is 2.37. The molecule has 0 spiro atoms. The van der Waals surface area contributed by atoms with Crippen molar-refractivity contribution >= 4 is 41.2 Å². The zero-order valence-electron chi connectivity index (χ0n) is 33.2. The fraction of sp³-hybridized carbons (Fsp3) is 0.525. The van der Waals surface area contributed by atoms with Crippen LogP contribution in [0, 0.1) is 11.3 Å². The summed E-state index contributed by atoms with van der Waals surface area (Å²) in [5.74, 6) is -0.0136. The van der Waals surface area contributed by atoms with E-state index in [9.17, 15) is 32.3 Å². The number of methoxy groups -OCH3 is 1. The van der Waals surface area contributed by atoms with Crippen molar-refractivity contribution in [3.63, 3.8) is 0 Å². The number of anilines is 1. The Labute approximate surface area is 340 Å². The van der Waals surface area contributed by atoms with Crippen molar-refractivity contribution in [1.29, 1.82) is 0 Å². The molecule has 3 aromatic rings. The molecule has 0 bridgehead atoms. The number of rotatable bonds is 8. The summed E-state index contributed by atoms with van der Waals surface area (Å²) in [7, 11) is 1.21. The number of nitrogens with zero attached hydrogens (tertiary/aromatic N) is 5. The Balaban J connectivity index is 1.10. The SMILES string of the molecule is COC(=O)NCC(=O)N1CC(C)CC1c1nc(-c2ccc(-c3ccc(NC(=O)N4CCN(C5CCN(C(=O)C(C)(C)C)CC5)CC4)cc3OC(F)(F)F)cc2)c(Cl)[nH]1. The zero-order chi connectivity index (χ0) is 41.9. The molecule has 1 aromatic heterocycles. The Bertz CT molecular complexity index is 1970. The van der Waals surface area contributed by atoms with Gasteiger partial charge in [-0.15, -0.1) is 13.2 Å². The molecule has 0 radical (unpaired) electrons. The van der Waals surface area contributed by atoms with E-state index in [1.165, 1.54) is 19.2 Å². The van der Waals surface area contributed by atoms with Crippen molar-refractivity contribution in [3.05, 3.63) is 53.4 Å². The van der Waals surface area contributed by atoms with Crippen LogP contribution in [0.2, 0.25) is 5.15 Å². The molecule has 3 fully saturated rings. The number of H-pyrrole nitrogens is 1. The van der Waals surface area contributed by atoms with Gasteiger partial charge in [-0.2, -0.15) is 0 Å². The number of nitrogens with one attached hydrogen (secondary N) is 3. The third-order valence-corrected chi connectivity index (χ3v) is 11.1. The van der Waals surface area contributed by atoms with Gasteiger partial charge in [0.2, 0.25) is 11.8 Å². The number of hydrogen-bond donors (Lipinski definition) is 3. The Kier molecular flexibility index (Phi) is 12.8. The summed E-state index contributed by atoms with van der Waals surface area (Å²) >= 11 is 6.59. The maximum atomic E-state index is 13.7. The molecule has 2 aromatic carbocycles. The lowest BCUT2D eigenvalue weighted by molar-refractivity contribution is -0.274. The second-order valence-corrected chi connectivity index (χ2v) is 16.5. The molecule has 4 heterocycles. The van der Waals surface area contributed by atoms with Crippen molar-refractivity contribution in [2.24, 2.45) is 11.3 Å². The van der Waals surface area contributed by atoms with Crippen LogP contribution in [0.15, 0.2) is 42.5 Å². The molecule has 18 heteroatoms. The molecule has 3 saturated heterocycles. The van der Waals surface area contributed by atoms with Crippen LogP contribution in [0.3, 0.4) is 0 Å². The van der Waals surface area contributed by atoms with E-state index in [1.54, 1.807) is 34.1 Å². The van der Waals surface area contributed by atoms with Crippen LogP contribution in [0.5, 0.6) is 5.75 Å². The first kappa shape index (κ1) is 42.6. The van der Waals surface area contributed by atoms with Crippen molar-refractivity contribution in [3.8, 4) is 28.1 Å². The number of aromatic nitrogens is 2. The number of benzene rings is 2. The Hall–Kier alpha value is -5.03. The quantitative estimate of drug-likeness (QED) is 0.226. The number of alkyl halides is 3. The molecule has 6 rings (SSSR count). The predicted molar refractivity (Wildman–Crippen MR) is 211 cm³/mol. The fourth-order valence-corrected chi connectivity index (χ4v) is 8.13. The minimum absolute atomic E-state index is 0.147. The average Bonchev–Trinajstić information content (AvgIpc) is 3.78. The fourth-order valence-electron chi connectivity index (χ4n) is 7.88. The van der Waals surface area contributed by atoms with Crippen LogP contribution >= 0.6 is 11.6 Å². The normalized spacial score (nSPS) is 19.6. The first-order chi connectivity index (χ1) is 27.4. The minimum Gasteiger partial charge on any atom is -0.453 e. The van der Waals surface area contributed by atoms with Gasteiger partial charge in [-0.1, -0.05) is 63.6 Å². The second kappa shape index (κ2) is 17.4. The van der Waals surface area contributed by atoms with Crippen molar-refractivity contribution < 1.29 is 41.8 Å². The summed E-state index contributed by atoms with van der Waals surface area (Å²) in [6.45, 7) is 11.6. The lowest BCUT2D eigenvalue weighted by Crippen LogP contribution is -2.56. The molecule has 3 N–H and O–H groups in total. The second-order valence-electron chi connectivity index (χ2n) is 16.1. The molecule has 0 saturated carbocycles. The number of carbonyl (C=O) groups excluding carboxylic acids is 4. The number of halogens is 4. The van der Waals surface area contributed by atoms with E-state index in [1.807, 2.05) is 32.6 Å². The van der Waals surface area contributed by atoms with Gasteiger partial charge in [-0.05, 0) is 42.9 Å². The highest BCUT2D eigenvalue weighted by atomic mass is 35.5. The van der Waals surface area contributed by atoms with Crippen LogP contribution in [0.1, 0.15) is 58.8 Å². The van der Waals surface area contributed by atoms with Crippen LogP contribution in [-0.4, -0.2) is 125 Å². The van der Waals surface area contributed by atoms with Gasteiger partial charge in [0, 0.05) is 80.2 Å². The topological polar surface area (TPSA) is 152 Å². The molecule has 0 aliphatic carbocycles. The van der Waals surface area contributed by atoms with E-state index >= 15 is 0 Å². The summed E-state index contributed by atoms with van der Waals surface area (Å²) in [5.41, 5.74) is 1.26. The number of alkyl carbamates (subject to hydrolysis) is 1. The highest BCUT2D eigenvalue weighted by molar-refractivity contribution is 6.31. The maximum absolute atomic E-state index is 13.7. The Morgan fingerprint density at radius 1 is 0.931 bits per heavy atom. The van der Waals surface area contributed by atoms with Crippen LogP contribution in [-0.2, 0) is 14.3 Å². The standard InChI is InChI=1S/C40H50ClF3N8O6/c1-24-20-30(52(23-24)32(53)22-45-38(56)57-5)35-47-33(34(41)48-35)26-8-6-25(7-9-26)29-11-10-27(21-31(29)58-40(42,43)44)46-37(55)51-18-16-49(17-19-51)28-12-14-50(15-13-28)36(54)39(2,3)4/h6-11,21,24,28,30H,12-20,22-23H2,1-5H3,(H,45,56)(H,46,55)(H,47,48). The number of piperazine rings is 1. The van der Waals surface area contributed by atoms with Gasteiger partial charge >= 0.3 is 18.5 Å². The van der Waals surface area contributed by atoms with E-state index in [0.717, 1.165) is 18.9 Å². The lowest BCUT2D eigenvalue weighted by atomic mass is 9.92. The van der Waals surface area contributed by atoms with E-state index in [0.29, 0.717) is 80.9 Å². The Morgan fingerprint density at radius 3 is 2.21 bits per heavy atom. The summed E-state index contributed by atoms with van der Waals surface area (Å²) < 4.78 is 50.0. The predicted octanol–water partition coefficient (Wildman–Crippen LogP) is 6.75. The third-order valence-electron chi connectivity index (χ3n) is 10.8. The molecule has 5 amide bonds.